The highest BCUT2D eigenvalue weighted by Crippen LogP contribution is 2.19. The second-order valence-corrected chi connectivity index (χ2v) is 6.93. The Labute approximate surface area is 148 Å². The van der Waals surface area contributed by atoms with Crippen molar-refractivity contribution in [1.82, 2.24) is 19.6 Å². The standard InChI is InChI=1S/C18H25ClN4O/c1-21-8-6-17(7-9-21)22(10-11-24)13-15-12-20-23(14-15)18-4-2-16(19)3-5-18/h2-5,12,14,17,24H,6-11,13H2,1H3. The quantitative estimate of drug-likeness (QED) is 0.870. The van der Waals surface area contributed by atoms with Crippen molar-refractivity contribution in [3.63, 3.8) is 0 Å². The molecular weight excluding hydrogens is 324 g/mol. The molecule has 24 heavy (non-hydrogen) atoms. The summed E-state index contributed by atoms with van der Waals surface area (Å²) in [7, 11) is 2.17. The fraction of sp³-hybridized carbons (Fsp3) is 0.500. The monoisotopic (exact) mass is 348 g/mol. The van der Waals surface area contributed by atoms with E-state index in [9.17, 15) is 5.11 Å². The first-order valence-corrected chi connectivity index (χ1v) is 8.86. The van der Waals surface area contributed by atoms with Crippen molar-refractivity contribution in [2.45, 2.75) is 25.4 Å². The van der Waals surface area contributed by atoms with Crippen LogP contribution in [0.25, 0.3) is 5.69 Å². The Morgan fingerprint density at radius 3 is 2.62 bits per heavy atom. The van der Waals surface area contributed by atoms with Crippen LogP contribution in [0.4, 0.5) is 0 Å². The van der Waals surface area contributed by atoms with Crippen LogP contribution < -0.4 is 0 Å². The predicted octanol–water partition coefficient (Wildman–Crippen LogP) is 2.41. The van der Waals surface area contributed by atoms with E-state index in [0.29, 0.717) is 12.6 Å². The second kappa shape index (κ2) is 8.12. The summed E-state index contributed by atoms with van der Waals surface area (Å²) in [5, 5.41) is 14.6. The van der Waals surface area contributed by atoms with Crippen LogP contribution in [-0.4, -0.2) is 64.0 Å². The van der Waals surface area contributed by atoms with Crippen LogP contribution in [0.2, 0.25) is 5.02 Å². The Hall–Kier alpha value is -1.40. The van der Waals surface area contributed by atoms with Crippen molar-refractivity contribution in [1.29, 1.82) is 0 Å². The van der Waals surface area contributed by atoms with Crippen molar-refractivity contribution in [3.8, 4) is 5.69 Å². The average molecular weight is 349 g/mol. The highest BCUT2D eigenvalue weighted by molar-refractivity contribution is 6.30. The van der Waals surface area contributed by atoms with Gasteiger partial charge in [0.05, 0.1) is 18.5 Å². The van der Waals surface area contributed by atoms with Crippen molar-refractivity contribution < 1.29 is 5.11 Å². The maximum Gasteiger partial charge on any atom is 0.0646 e. The minimum Gasteiger partial charge on any atom is -0.395 e. The summed E-state index contributed by atoms with van der Waals surface area (Å²) in [6.07, 6.45) is 6.28. The highest BCUT2D eigenvalue weighted by atomic mass is 35.5. The number of aliphatic hydroxyl groups excluding tert-OH is 1. The second-order valence-electron chi connectivity index (χ2n) is 6.50. The van der Waals surface area contributed by atoms with Gasteiger partial charge in [-0.25, -0.2) is 4.68 Å². The number of rotatable bonds is 6. The summed E-state index contributed by atoms with van der Waals surface area (Å²) in [5.41, 5.74) is 2.16. The van der Waals surface area contributed by atoms with E-state index < -0.39 is 0 Å². The van der Waals surface area contributed by atoms with Crippen LogP contribution in [0.15, 0.2) is 36.7 Å². The molecule has 0 radical (unpaired) electrons. The topological polar surface area (TPSA) is 44.5 Å². The van der Waals surface area contributed by atoms with Crippen LogP contribution in [0.3, 0.4) is 0 Å². The highest BCUT2D eigenvalue weighted by Gasteiger charge is 2.23. The molecule has 0 amide bonds. The van der Waals surface area contributed by atoms with Crippen LogP contribution in [0.5, 0.6) is 0 Å². The van der Waals surface area contributed by atoms with Gasteiger partial charge in [-0.15, -0.1) is 0 Å². The Morgan fingerprint density at radius 2 is 1.96 bits per heavy atom. The molecule has 2 heterocycles. The summed E-state index contributed by atoms with van der Waals surface area (Å²) in [5.74, 6) is 0. The molecule has 1 aromatic carbocycles. The molecule has 6 heteroatoms. The van der Waals surface area contributed by atoms with Gasteiger partial charge in [0.15, 0.2) is 0 Å². The number of aromatic nitrogens is 2. The van der Waals surface area contributed by atoms with Crippen LogP contribution >= 0.6 is 11.6 Å². The molecule has 1 saturated heterocycles. The summed E-state index contributed by atoms with van der Waals surface area (Å²) in [4.78, 5) is 4.75. The first-order chi connectivity index (χ1) is 11.7. The summed E-state index contributed by atoms with van der Waals surface area (Å²) in [6.45, 7) is 3.97. The molecule has 1 aliphatic rings. The Morgan fingerprint density at radius 1 is 1.25 bits per heavy atom. The van der Waals surface area contributed by atoms with Crippen molar-refractivity contribution in [2.75, 3.05) is 33.3 Å². The smallest absolute Gasteiger partial charge is 0.0646 e. The molecule has 0 atom stereocenters. The van der Waals surface area contributed by atoms with Gasteiger partial charge in [0.1, 0.15) is 0 Å². The molecule has 0 bridgehead atoms. The molecule has 0 saturated carbocycles. The summed E-state index contributed by atoms with van der Waals surface area (Å²) >= 11 is 5.94. The number of aliphatic hydroxyl groups is 1. The lowest BCUT2D eigenvalue weighted by atomic mass is 10.0. The third-order valence-corrected chi connectivity index (χ3v) is 4.96. The van der Waals surface area contributed by atoms with E-state index in [1.54, 1.807) is 0 Å². The van der Waals surface area contributed by atoms with Gasteiger partial charge in [0.2, 0.25) is 0 Å². The molecule has 1 aliphatic heterocycles. The number of hydrogen-bond donors (Lipinski definition) is 1. The lowest BCUT2D eigenvalue weighted by molar-refractivity contribution is 0.0941. The third-order valence-electron chi connectivity index (χ3n) is 4.70. The fourth-order valence-corrected chi connectivity index (χ4v) is 3.42. The van der Waals surface area contributed by atoms with Gasteiger partial charge in [-0.2, -0.15) is 5.10 Å². The summed E-state index contributed by atoms with van der Waals surface area (Å²) < 4.78 is 1.87. The van der Waals surface area contributed by atoms with Crippen LogP contribution in [0.1, 0.15) is 18.4 Å². The first kappa shape index (κ1) is 17.4. The van der Waals surface area contributed by atoms with Crippen molar-refractivity contribution in [2.24, 2.45) is 0 Å². The van der Waals surface area contributed by atoms with E-state index in [-0.39, 0.29) is 6.61 Å². The van der Waals surface area contributed by atoms with E-state index in [0.717, 1.165) is 48.7 Å². The van der Waals surface area contributed by atoms with E-state index in [1.165, 1.54) is 0 Å². The lowest BCUT2D eigenvalue weighted by Gasteiger charge is -2.36. The van der Waals surface area contributed by atoms with Gasteiger partial charge >= 0.3 is 0 Å². The van der Waals surface area contributed by atoms with E-state index >= 15 is 0 Å². The molecule has 1 aromatic heterocycles. The molecule has 0 aliphatic carbocycles. The molecule has 5 nitrogen and oxygen atoms in total. The number of hydrogen-bond acceptors (Lipinski definition) is 4. The molecule has 1 N–H and O–H groups in total. The minimum absolute atomic E-state index is 0.192. The van der Waals surface area contributed by atoms with E-state index in [4.69, 9.17) is 11.6 Å². The van der Waals surface area contributed by atoms with Crippen LogP contribution in [0, 0.1) is 0 Å². The summed E-state index contributed by atoms with van der Waals surface area (Å²) in [6, 6.07) is 8.19. The van der Waals surface area contributed by atoms with Crippen LogP contribution in [-0.2, 0) is 6.54 Å². The van der Waals surface area contributed by atoms with E-state index in [2.05, 4.69) is 28.1 Å². The van der Waals surface area contributed by atoms with Gasteiger partial charge in [0, 0.05) is 35.9 Å². The lowest BCUT2D eigenvalue weighted by Crippen LogP contribution is -2.44. The molecule has 2 aromatic rings. The molecule has 0 spiro atoms. The Bertz CT molecular complexity index is 635. The normalized spacial score (nSPS) is 16.8. The zero-order valence-corrected chi connectivity index (χ0v) is 14.9. The number of likely N-dealkylation sites (tertiary alicyclic amines) is 1. The van der Waals surface area contributed by atoms with Crippen molar-refractivity contribution >= 4 is 11.6 Å². The number of piperidine rings is 1. The molecular formula is C18H25ClN4O. The van der Waals surface area contributed by atoms with Gasteiger partial charge < -0.3 is 10.0 Å². The maximum atomic E-state index is 9.42. The predicted molar refractivity (Wildman–Crippen MR) is 96.6 cm³/mol. The average Bonchev–Trinajstić information content (AvgIpc) is 3.04. The Balaban J connectivity index is 1.68. The number of benzene rings is 1. The van der Waals surface area contributed by atoms with Gasteiger partial charge in [-0.05, 0) is 57.2 Å². The third kappa shape index (κ3) is 4.36. The maximum absolute atomic E-state index is 9.42. The zero-order chi connectivity index (χ0) is 16.9. The Kier molecular flexibility index (Phi) is 5.89. The number of halogens is 1. The molecule has 0 unspecified atom stereocenters. The fourth-order valence-electron chi connectivity index (χ4n) is 3.29. The molecule has 1 fully saturated rings. The molecule has 3 rings (SSSR count). The minimum atomic E-state index is 0.192. The first-order valence-electron chi connectivity index (χ1n) is 8.48. The van der Waals surface area contributed by atoms with E-state index in [1.807, 2.05) is 35.1 Å². The van der Waals surface area contributed by atoms with Crippen molar-refractivity contribution in [3.05, 3.63) is 47.2 Å². The number of nitrogens with zero attached hydrogens (tertiary/aromatic N) is 4. The molecule has 130 valence electrons. The van der Waals surface area contributed by atoms with Gasteiger partial charge in [-0.1, -0.05) is 11.6 Å². The van der Waals surface area contributed by atoms with Gasteiger partial charge in [-0.3, -0.25) is 4.90 Å². The van der Waals surface area contributed by atoms with Gasteiger partial charge in [0.25, 0.3) is 0 Å². The SMILES string of the molecule is CN1CCC(N(CCO)Cc2cnn(-c3ccc(Cl)cc3)c2)CC1. The largest absolute Gasteiger partial charge is 0.395 e. The zero-order valence-electron chi connectivity index (χ0n) is 14.1.